The lowest BCUT2D eigenvalue weighted by Crippen LogP contribution is -2.10. The number of unbranched alkanes of at least 4 members (excludes halogenated alkanes) is 14. The molecule has 0 saturated heterocycles. The topological polar surface area (TPSA) is 57.8 Å². The van der Waals surface area contributed by atoms with Crippen molar-refractivity contribution >= 4 is 23.8 Å². The summed E-state index contributed by atoms with van der Waals surface area (Å²) in [4.78, 5) is 19.3. The second-order valence-electron chi connectivity index (χ2n) is 9.11. The summed E-state index contributed by atoms with van der Waals surface area (Å²) in [6.45, 7) is 2.28. The van der Waals surface area contributed by atoms with Crippen LogP contribution in [0.4, 0.5) is 5.69 Å². The molecule has 0 spiro atoms. The molecule has 0 unspecified atom stereocenters. The SMILES string of the molecule is CCCCCCCCCCCCCCCCCC(=O)Nc1ccc(-c2ccnc(=S)[nH]2)cc1. The Morgan fingerprint density at radius 3 is 1.82 bits per heavy atom. The monoisotopic (exact) mass is 469 g/mol. The minimum absolute atomic E-state index is 0.0979. The van der Waals surface area contributed by atoms with Crippen molar-refractivity contribution in [1.82, 2.24) is 9.97 Å². The van der Waals surface area contributed by atoms with Gasteiger partial charge in [-0.25, -0.2) is 4.98 Å². The lowest BCUT2D eigenvalue weighted by atomic mass is 10.0. The number of hydrogen-bond donors (Lipinski definition) is 2. The molecule has 4 nitrogen and oxygen atoms in total. The van der Waals surface area contributed by atoms with E-state index in [0.29, 0.717) is 11.2 Å². The van der Waals surface area contributed by atoms with E-state index in [1.54, 1.807) is 6.20 Å². The number of benzene rings is 1. The Hall–Kier alpha value is -2.01. The van der Waals surface area contributed by atoms with E-state index in [-0.39, 0.29) is 5.91 Å². The van der Waals surface area contributed by atoms with E-state index in [1.807, 2.05) is 30.3 Å². The molecule has 2 rings (SSSR count). The molecular weight excluding hydrogens is 426 g/mol. The highest BCUT2D eigenvalue weighted by Crippen LogP contribution is 2.19. The normalized spacial score (nSPS) is 10.9. The van der Waals surface area contributed by atoms with Crippen molar-refractivity contribution in [3.8, 4) is 11.3 Å². The number of carbonyl (C=O) groups is 1. The molecule has 1 amide bonds. The number of aromatic amines is 1. The molecule has 0 saturated carbocycles. The molecule has 2 N–H and O–H groups in total. The van der Waals surface area contributed by atoms with E-state index in [9.17, 15) is 4.79 Å². The Kier molecular flexibility index (Phi) is 14.4. The van der Waals surface area contributed by atoms with Gasteiger partial charge in [0.25, 0.3) is 0 Å². The van der Waals surface area contributed by atoms with Gasteiger partial charge in [-0.2, -0.15) is 0 Å². The van der Waals surface area contributed by atoms with Crippen LogP contribution in [0.25, 0.3) is 11.3 Å². The number of hydrogen-bond acceptors (Lipinski definition) is 3. The zero-order valence-corrected chi connectivity index (χ0v) is 21.4. The number of nitrogens with one attached hydrogen (secondary N) is 2. The van der Waals surface area contributed by atoms with E-state index in [0.717, 1.165) is 29.8 Å². The van der Waals surface area contributed by atoms with Crippen LogP contribution in [-0.2, 0) is 4.79 Å². The van der Waals surface area contributed by atoms with E-state index >= 15 is 0 Å². The van der Waals surface area contributed by atoms with Gasteiger partial charge in [0, 0.05) is 24.0 Å². The Bertz CT molecular complexity index is 832. The van der Waals surface area contributed by atoms with Crippen LogP contribution >= 0.6 is 12.2 Å². The van der Waals surface area contributed by atoms with Crippen LogP contribution in [0.2, 0.25) is 0 Å². The zero-order valence-electron chi connectivity index (χ0n) is 20.5. The Morgan fingerprint density at radius 1 is 0.788 bits per heavy atom. The predicted octanol–water partition coefficient (Wildman–Crippen LogP) is 9.01. The molecule has 5 heteroatoms. The summed E-state index contributed by atoms with van der Waals surface area (Å²) in [6.07, 6.45) is 22.3. The van der Waals surface area contributed by atoms with E-state index in [4.69, 9.17) is 12.2 Å². The van der Waals surface area contributed by atoms with Gasteiger partial charge in [-0.05, 0) is 42.4 Å². The lowest BCUT2D eigenvalue weighted by Gasteiger charge is -2.07. The number of H-pyrrole nitrogens is 1. The number of anilines is 1. The highest BCUT2D eigenvalue weighted by molar-refractivity contribution is 7.71. The minimum atomic E-state index is 0.0979. The molecule has 0 radical (unpaired) electrons. The first-order valence-corrected chi connectivity index (χ1v) is 13.6. The molecule has 0 bridgehead atoms. The fourth-order valence-corrected chi connectivity index (χ4v) is 4.32. The highest BCUT2D eigenvalue weighted by atomic mass is 32.1. The fourth-order valence-electron chi connectivity index (χ4n) is 4.15. The summed E-state index contributed by atoms with van der Waals surface area (Å²) >= 11 is 5.07. The van der Waals surface area contributed by atoms with Crippen LogP contribution in [0.5, 0.6) is 0 Å². The van der Waals surface area contributed by atoms with Gasteiger partial charge >= 0.3 is 0 Å². The van der Waals surface area contributed by atoms with Gasteiger partial charge in [0.05, 0.1) is 0 Å². The first-order chi connectivity index (χ1) is 16.2. The van der Waals surface area contributed by atoms with Crippen LogP contribution in [0.3, 0.4) is 0 Å². The zero-order chi connectivity index (χ0) is 23.6. The molecule has 0 fully saturated rings. The van der Waals surface area contributed by atoms with Crippen LogP contribution < -0.4 is 5.32 Å². The van der Waals surface area contributed by atoms with Crippen LogP contribution in [0, 0.1) is 4.77 Å². The van der Waals surface area contributed by atoms with Crippen molar-refractivity contribution in [3.63, 3.8) is 0 Å². The van der Waals surface area contributed by atoms with Gasteiger partial charge < -0.3 is 10.3 Å². The van der Waals surface area contributed by atoms with Gasteiger partial charge in [0.2, 0.25) is 5.91 Å². The lowest BCUT2D eigenvalue weighted by molar-refractivity contribution is -0.116. The quantitative estimate of drug-likeness (QED) is 0.169. The van der Waals surface area contributed by atoms with Crippen molar-refractivity contribution in [3.05, 3.63) is 41.3 Å². The average Bonchev–Trinajstić information content (AvgIpc) is 2.82. The largest absolute Gasteiger partial charge is 0.330 e. The Balaban J connectivity index is 1.44. The summed E-state index contributed by atoms with van der Waals surface area (Å²) < 4.78 is 0.466. The summed E-state index contributed by atoms with van der Waals surface area (Å²) in [5, 5.41) is 3.00. The smallest absolute Gasteiger partial charge is 0.224 e. The third-order valence-corrected chi connectivity index (χ3v) is 6.37. The average molecular weight is 470 g/mol. The van der Waals surface area contributed by atoms with Gasteiger partial charge in [0.1, 0.15) is 0 Å². The standard InChI is InChI=1S/C28H43N3OS/c1-2-3-4-5-6-7-8-9-10-11-12-13-14-15-16-17-27(32)30-25-20-18-24(19-21-25)26-22-23-29-28(33)31-26/h18-23H,2-17H2,1H3,(H,30,32)(H,29,31,33). The van der Waals surface area contributed by atoms with Crippen molar-refractivity contribution in [2.45, 2.75) is 110 Å². The second kappa shape index (κ2) is 17.5. The van der Waals surface area contributed by atoms with Crippen molar-refractivity contribution in [2.75, 3.05) is 5.32 Å². The number of amides is 1. The van der Waals surface area contributed by atoms with E-state index in [2.05, 4.69) is 22.2 Å². The molecule has 182 valence electrons. The van der Waals surface area contributed by atoms with Gasteiger partial charge in [-0.1, -0.05) is 109 Å². The molecule has 0 aliphatic carbocycles. The summed E-state index contributed by atoms with van der Waals surface area (Å²) in [5.41, 5.74) is 2.77. The molecule has 0 aliphatic heterocycles. The molecule has 33 heavy (non-hydrogen) atoms. The van der Waals surface area contributed by atoms with Gasteiger partial charge in [0.15, 0.2) is 4.77 Å². The molecule has 0 aliphatic rings. The number of aromatic nitrogens is 2. The summed E-state index contributed by atoms with van der Waals surface area (Å²) in [6, 6.07) is 9.70. The van der Waals surface area contributed by atoms with Crippen molar-refractivity contribution in [1.29, 1.82) is 0 Å². The summed E-state index contributed by atoms with van der Waals surface area (Å²) in [7, 11) is 0. The van der Waals surface area contributed by atoms with Crippen molar-refractivity contribution < 1.29 is 4.79 Å². The molecule has 0 atom stereocenters. The molecule has 1 aromatic heterocycles. The van der Waals surface area contributed by atoms with Gasteiger partial charge in [-0.3, -0.25) is 4.79 Å². The van der Waals surface area contributed by atoms with Gasteiger partial charge in [-0.15, -0.1) is 0 Å². The number of carbonyl (C=O) groups excluding carboxylic acids is 1. The maximum Gasteiger partial charge on any atom is 0.224 e. The number of nitrogens with zero attached hydrogens (tertiary/aromatic N) is 1. The van der Waals surface area contributed by atoms with Crippen LogP contribution in [0.1, 0.15) is 110 Å². The molecule has 2 aromatic rings. The van der Waals surface area contributed by atoms with Crippen LogP contribution in [-0.4, -0.2) is 15.9 Å². The predicted molar refractivity (Wildman–Crippen MR) is 143 cm³/mol. The van der Waals surface area contributed by atoms with E-state index < -0.39 is 0 Å². The maximum absolute atomic E-state index is 12.2. The van der Waals surface area contributed by atoms with E-state index in [1.165, 1.54) is 83.5 Å². The first kappa shape index (κ1) is 27.2. The maximum atomic E-state index is 12.2. The third-order valence-electron chi connectivity index (χ3n) is 6.16. The highest BCUT2D eigenvalue weighted by Gasteiger charge is 2.04. The third kappa shape index (κ3) is 12.7. The fraction of sp³-hybridized carbons (Fsp3) is 0.607. The Labute approximate surface area is 206 Å². The first-order valence-electron chi connectivity index (χ1n) is 13.1. The molecule has 1 heterocycles. The van der Waals surface area contributed by atoms with Crippen LogP contribution in [0.15, 0.2) is 36.5 Å². The Morgan fingerprint density at radius 2 is 1.30 bits per heavy atom. The molecular formula is C28H43N3OS. The minimum Gasteiger partial charge on any atom is -0.330 e. The summed E-state index contributed by atoms with van der Waals surface area (Å²) in [5.74, 6) is 0.0979. The molecule has 1 aromatic carbocycles. The second-order valence-corrected chi connectivity index (χ2v) is 9.50. The van der Waals surface area contributed by atoms with Crippen molar-refractivity contribution in [2.24, 2.45) is 0 Å². The number of rotatable bonds is 18.